The summed E-state index contributed by atoms with van der Waals surface area (Å²) >= 11 is 0. The smallest absolute Gasteiger partial charge is 0.259 e. The second-order valence-electron chi connectivity index (χ2n) is 3.75. The van der Waals surface area contributed by atoms with Crippen LogP contribution in [0.2, 0.25) is 0 Å². The molecule has 0 aliphatic heterocycles. The van der Waals surface area contributed by atoms with Gasteiger partial charge < -0.3 is 15.5 Å². The molecule has 4 nitrogen and oxygen atoms in total. The highest BCUT2D eigenvalue weighted by molar-refractivity contribution is 6.06. The summed E-state index contributed by atoms with van der Waals surface area (Å²) in [6.07, 6.45) is 0. The molecule has 0 fully saturated rings. The molecule has 2 rings (SSSR count). The number of hydrogen-bond donors (Lipinski definition) is 3. The normalized spacial score (nSPS) is 10.2. The van der Waals surface area contributed by atoms with Crippen molar-refractivity contribution in [1.29, 1.82) is 0 Å². The van der Waals surface area contributed by atoms with Crippen molar-refractivity contribution in [2.75, 3.05) is 5.32 Å². The summed E-state index contributed by atoms with van der Waals surface area (Å²) in [6, 6.07) is 6.36. The third kappa shape index (κ3) is 2.62. The van der Waals surface area contributed by atoms with Crippen LogP contribution in [-0.2, 0) is 0 Å². The molecule has 0 saturated heterocycles. The van der Waals surface area contributed by atoms with Gasteiger partial charge in [-0.05, 0) is 24.3 Å². The molecule has 0 saturated carbocycles. The Labute approximate surface area is 106 Å². The first kappa shape index (κ1) is 12.8. The fourth-order valence-electron chi connectivity index (χ4n) is 1.50. The number of phenolic OH excluding ortho intramolecular Hbond substituents is 2. The van der Waals surface area contributed by atoms with E-state index in [0.29, 0.717) is 0 Å². The molecule has 0 aromatic heterocycles. The van der Waals surface area contributed by atoms with Gasteiger partial charge in [0, 0.05) is 6.07 Å². The molecular weight excluding hydrogens is 256 g/mol. The van der Waals surface area contributed by atoms with Gasteiger partial charge in [0.1, 0.15) is 11.6 Å². The maximum absolute atomic E-state index is 13.3. The molecule has 0 atom stereocenters. The van der Waals surface area contributed by atoms with Gasteiger partial charge >= 0.3 is 0 Å². The fraction of sp³-hybridized carbons (Fsp3) is 0. The Bertz CT molecular complexity index is 644. The standard InChI is InChI=1S/C13H9F2NO3/c14-7-4-5-9(15)10(6-7)16-13(19)8-2-1-3-11(17)12(8)18/h1-6,17-18H,(H,16,19). The van der Waals surface area contributed by atoms with Crippen molar-refractivity contribution in [3.63, 3.8) is 0 Å². The van der Waals surface area contributed by atoms with Gasteiger partial charge in [-0.25, -0.2) is 8.78 Å². The summed E-state index contributed by atoms with van der Waals surface area (Å²) in [5.74, 6) is -3.49. The van der Waals surface area contributed by atoms with Crippen LogP contribution in [0.15, 0.2) is 36.4 Å². The molecule has 3 N–H and O–H groups in total. The minimum absolute atomic E-state index is 0.247. The molecule has 2 aromatic rings. The Morgan fingerprint density at radius 3 is 2.58 bits per heavy atom. The van der Waals surface area contributed by atoms with Crippen molar-refractivity contribution in [1.82, 2.24) is 0 Å². The molecule has 0 heterocycles. The first-order chi connectivity index (χ1) is 8.99. The van der Waals surface area contributed by atoms with Crippen LogP contribution in [0.1, 0.15) is 10.4 Å². The van der Waals surface area contributed by atoms with Gasteiger partial charge in [0.05, 0.1) is 11.3 Å². The second-order valence-corrected chi connectivity index (χ2v) is 3.75. The van der Waals surface area contributed by atoms with E-state index in [9.17, 15) is 23.8 Å². The van der Waals surface area contributed by atoms with Crippen LogP contribution >= 0.6 is 0 Å². The van der Waals surface area contributed by atoms with E-state index in [1.54, 1.807) is 0 Å². The molecule has 6 heteroatoms. The predicted octanol–water partition coefficient (Wildman–Crippen LogP) is 2.63. The number of hydrogen-bond acceptors (Lipinski definition) is 3. The van der Waals surface area contributed by atoms with Gasteiger partial charge in [-0.2, -0.15) is 0 Å². The Kier molecular flexibility index (Phi) is 3.33. The van der Waals surface area contributed by atoms with Crippen molar-refractivity contribution in [2.45, 2.75) is 0 Å². The molecule has 19 heavy (non-hydrogen) atoms. The number of carbonyl (C=O) groups is 1. The molecule has 1 amide bonds. The van der Waals surface area contributed by atoms with E-state index in [1.165, 1.54) is 18.2 Å². The molecule has 0 aliphatic rings. The molecule has 0 radical (unpaired) electrons. The Morgan fingerprint density at radius 1 is 1.11 bits per heavy atom. The molecular formula is C13H9F2NO3. The number of aromatic hydroxyl groups is 2. The summed E-state index contributed by atoms with van der Waals surface area (Å²) in [5, 5.41) is 20.9. The molecule has 0 bridgehead atoms. The van der Waals surface area contributed by atoms with Gasteiger partial charge in [0.2, 0.25) is 0 Å². The summed E-state index contributed by atoms with van der Waals surface area (Å²) < 4.78 is 26.3. The first-order valence-electron chi connectivity index (χ1n) is 5.26. The Balaban J connectivity index is 2.31. The van der Waals surface area contributed by atoms with Crippen molar-refractivity contribution in [3.8, 4) is 11.5 Å². The monoisotopic (exact) mass is 265 g/mol. The molecule has 0 aliphatic carbocycles. The topological polar surface area (TPSA) is 69.6 Å². The van der Waals surface area contributed by atoms with Crippen LogP contribution in [0.5, 0.6) is 11.5 Å². The molecule has 0 spiro atoms. The fourth-order valence-corrected chi connectivity index (χ4v) is 1.50. The van der Waals surface area contributed by atoms with Crippen LogP contribution in [0.3, 0.4) is 0 Å². The van der Waals surface area contributed by atoms with E-state index in [0.717, 1.165) is 18.2 Å². The summed E-state index contributed by atoms with van der Waals surface area (Å²) in [4.78, 5) is 11.8. The summed E-state index contributed by atoms with van der Waals surface area (Å²) in [7, 11) is 0. The number of benzene rings is 2. The number of rotatable bonds is 2. The first-order valence-corrected chi connectivity index (χ1v) is 5.26. The number of amides is 1. The quantitative estimate of drug-likeness (QED) is 0.731. The van der Waals surface area contributed by atoms with Crippen molar-refractivity contribution in [3.05, 3.63) is 53.6 Å². The highest BCUT2D eigenvalue weighted by Gasteiger charge is 2.15. The maximum atomic E-state index is 13.3. The number of nitrogens with one attached hydrogen (secondary N) is 1. The van der Waals surface area contributed by atoms with Gasteiger partial charge in [-0.3, -0.25) is 4.79 Å². The number of carbonyl (C=O) groups excluding carboxylic acids is 1. The van der Waals surface area contributed by atoms with Crippen molar-refractivity contribution >= 4 is 11.6 Å². The van der Waals surface area contributed by atoms with E-state index >= 15 is 0 Å². The summed E-state index contributed by atoms with van der Waals surface area (Å²) in [5.41, 5.74) is -0.601. The number of para-hydroxylation sites is 1. The highest BCUT2D eigenvalue weighted by atomic mass is 19.1. The molecule has 2 aromatic carbocycles. The molecule has 0 unspecified atom stereocenters. The van der Waals surface area contributed by atoms with Gasteiger partial charge in [-0.15, -0.1) is 0 Å². The lowest BCUT2D eigenvalue weighted by atomic mass is 10.1. The SMILES string of the molecule is O=C(Nc1cc(F)ccc1F)c1cccc(O)c1O. The van der Waals surface area contributed by atoms with Crippen LogP contribution in [0.25, 0.3) is 0 Å². The Hall–Kier alpha value is -2.63. The zero-order valence-corrected chi connectivity index (χ0v) is 9.52. The van der Waals surface area contributed by atoms with E-state index in [4.69, 9.17) is 0 Å². The largest absolute Gasteiger partial charge is 0.504 e. The van der Waals surface area contributed by atoms with Gasteiger partial charge in [0.15, 0.2) is 11.5 Å². The van der Waals surface area contributed by atoms with Gasteiger partial charge in [0.25, 0.3) is 5.91 Å². The minimum atomic E-state index is -0.863. The number of phenols is 2. The van der Waals surface area contributed by atoms with E-state index in [1.807, 2.05) is 0 Å². The van der Waals surface area contributed by atoms with E-state index in [2.05, 4.69) is 5.32 Å². The van der Waals surface area contributed by atoms with E-state index < -0.39 is 29.0 Å². The van der Waals surface area contributed by atoms with Crippen molar-refractivity contribution in [2.24, 2.45) is 0 Å². The third-order valence-corrected chi connectivity index (χ3v) is 2.44. The lowest BCUT2D eigenvalue weighted by Gasteiger charge is -2.08. The lowest BCUT2D eigenvalue weighted by molar-refractivity contribution is 0.102. The second kappa shape index (κ2) is 4.93. The zero-order valence-electron chi connectivity index (χ0n) is 9.52. The van der Waals surface area contributed by atoms with Gasteiger partial charge in [-0.1, -0.05) is 6.07 Å². The van der Waals surface area contributed by atoms with Crippen LogP contribution < -0.4 is 5.32 Å². The van der Waals surface area contributed by atoms with Crippen LogP contribution in [0.4, 0.5) is 14.5 Å². The minimum Gasteiger partial charge on any atom is -0.504 e. The average molecular weight is 265 g/mol. The van der Waals surface area contributed by atoms with Crippen LogP contribution in [0, 0.1) is 11.6 Å². The average Bonchev–Trinajstić information content (AvgIpc) is 2.37. The van der Waals surface area contributed by atoms with Crippen molar-refractivity contribution < 1.29 is 23.8 Å². The highest BCUT2D eigenvalue weighted by Crippen LogP contribution is 2.29. The molecule has 98 valence electrons. The maximum Gasteiger partial charge on any atom is 0.259 e. The summed E-state index contributed by atoms with van der Waals surface area (Å²) in [6.45, 7) is 0. The zero-order chi connectivity index (χ0) is 14.0. The lowest BCUT2D eigenvalue weighted by Crippen LogP contribution is -2.13. The third-order valence-electron chi connectivity index (χ3n) is 2.44. The Morgan fingerprint density at radius 2 is 1.84 bits per heavy atom. The number of halogens is 2. The number of anilines is 1. The predicted molar refractivity (Wildman–Crippen MR) is 64.1 cm³/mol. The van der Waals surface area contributed by atoms with Crippen LogP contribution in [-0.4, -0.2) is 16.1 Å². The van der Waals surface area contributed by atoms with E-state index in [-0.39, 0.29) is 11.3 Å².